The van der Waals surface area contributed by atoms with Crippen LogP contribution in [-0.4, -0.2) is 43.9 Å². The molecule has 1 aromatic carbocycles. The van der Waals surface area contributed by atoms with Gasteiger partial charge in [0.1, 0.15) is 6.61 Å². The van der Waals surface area contributed by atoms with E-state index >= 15 is 0 Å². The van der Waals surface area contributed by atoms with Crippen molar-refractivity contribution in [3.8, 4) is 0 Å². The molecule has 116 valence electrons. The molecule has 7 heteroatoms. The summed E-state index contributed by atoms with van der Waals surface area (Å²) < 4.78 is 5.88. The maximum Gasteiger partial charge on any atom is 0.245 e. The van der Waals surface area contributed by atoms with Crippen LogP contribution in [0, 0.1) is 5.92 Å². The highest BCUT2D eigenvalue weighted by molar-refractivity contribution is 6.42. The summed E-state index contributed by atoms with van der Waals surface area (Å²) in [7, 11) is 0. The second kappa shape index (κ2) is 7.96. The van der Waals surface area contributed by atoms with Crippen LogP contribution in [0.25, 0.3) is 0 Å². The number of halogens is 2. The molecule has 1 amide bonds. The fraction of sp³-hybridized carbons (Fsp3) is 0.500. The quantitative estimate of drug-likeness (QED) is 0.779. The third-order valence-electron chi connectivity index (χ3n) is 3.39. The second-order valence-corrected chi connectivity index (χ2v) is 5.71. The van der Waals surface area contributed by atoms with E-state index in [1.165, 1.54) is 0 Å². The van der Waals surface area contributed by atoms with Gasteiger partial charge in [0.15, 0.2) is 0 Å². The van der Waals surface area contributed by atoms with E-state index in [-0.39, 0.29) is 12.0 Å². The van der Waals surface area contributed by atoms with Gasteiger partial charge in [-0.25, -0.2) is 0 Å². The molecular formula is C14H18Cl2N2O3. The van der Waals surface area contributed by atoms with Crippen molar-refractivity contribution >= 4 is 29.1 Å². The van der Waals surface area contributed by atoms with E-state index < -0.39 is 12.5 Å². The van der Waals surface area contributed by atoms with Gasteiger partial charge in [-0.3, -0.25) is 4.79 Å². The first-order valence-corrected chi connectivity index (χ1v) is 7.52. The monoisotopic (exact) mass is 332 g/mol. The number of amides is 1. The Morgan fingerprint density at radius 1 is 1.43 bits per heavy atom. The molecule has 1 saturated heterocycles. The van der Waals surface area contributed by atoms with Gasteiger partial charge >= 0.3 is 0 Å². The number of aliphatic hydroxyl groups excluding tert-OH is 1. The Labute approximate surface area is 133 Å². The van der Waals surface area contributed by atoms with Gasteiger partial charge < -0.3 is 20.5 Å². The number of aliphatic hydroxyl groups is 1. The lowest BCUT2D eigenvalue weighted by atomic mass is 9.95. The van der Waals surface area contributed by atoms with E-state index in [0.717, 1.165) is 12.1 Å². The Morgan fingerprint density at radius 3 is 2.95 bits per heavy atom. The molecule has 1 heterocycles. The maximum absolute atomic E-state index is 11.2. The lowest BCUT2D eigenvalue weighted by molar-refractivity contribution is -0.124. The minimum absolute atomic E-state index is 0.0419. The van der Waals surface area contributed by atoms with Crippen molar-refractivity contribution in [1.82, 2.24) is 10.6 Å². The molecule has 1 aliphatic heterocycles. The van der Waals surface area contributed by atoms with Gasteiger partial charge in [-0.1, -0.05) is 29.3 Å². The summed E-state index contributed by atoms with van der Waals surface area (Å²) in [4.78, 5) is 11.2. The summed E-state index contributed by atoms with van der Waals surface area (Å²) in [5.41, 5.74) is 0.927. The van der Waals surface area contributed by atoms with Crippen molar-refractivity contribution < 1.29 is 14.6 Å². The van der Waals surface area contributed by atoms with Gasteiger partial charge in [-0.2, -0.15) is 0 Å². The van der Waals surface area contributed by atoms with Crippen LogP contribution in [0.15, 0.2) is 18.2 Å². The molecule has 5 nitrogen and oxygen atoms in total. The van der Waals surface area contributed by atoms with Gasteiger partial charge in [-0.15, -0.1) is 0 Å². The van der Waals surface area contributed by atoms with Crippen molar-refractivity contribution in [2.45, 2.75) is 6.10 Å². The van der Waals surface area contributed by atoms with Crippen molar-refractivity contribution in [2.24, 2.45) is 5.92 Å². The molecule has 1 aromatic rings. The Morgan fingerprint density at radius 2 is 2.24 bits per heavy atom. The number of rotatable bonds is 4. The highest BCUT2D eigenvalue weighted by atomic mass is 35.5. The number of hydrogen-bond acceptors (Lipinski definition) is 4. The highest BCUT2D eigenvalue weighted by Crippen LogP contribution is 2.31. The zero-order chi connectivity index (χ0) is 15.2. The predicted molar refractivity (Wildman–Crippen MR) is 81.6 cm³/mol. The Hall–Kier alpha value is -0.850. The first-order valence-electron chi connectivity index (χ1n) is 6.76. The Kier molecular flexibility index (Phi) is 6.26. The number of carbonyl (C=O) groups excluding carboxylic acids is 1. The van der Waals surface area contributed by atoms with Crippen molar-refractivity contribution in [1.29, 1.82) is 0 Å². The van der Waals surface area contributed by atoms with Crippen LogP contribution in [0.2, 0.25) is 10.0 Å². The Bertz CT molecular complexity index is 499. The van der Waals surface area contributed by atoms with Crippen LogP contribution in [-0.2, 0) is 9.53 Å². The second-order valence-electron chi connectivity index (χ2n) is 4.89. The molecule has 0 radical (unpaired) electrons. The van der Waals surface area contributed by atoms with Crippen LogP contribution in [0.5, 0.6) is 0 Å². The molecule has 21 heavy (non-hydrogen) atoms. The average Bonchev–Trinajstić information content (AvgIpc) is 2.73. The van der Waals surface area contributed by atoms with E-state index in [4.69, 9.17) is 33.0 Å². The molecule has 0 aromatic heterocycles. The fourth-order valence-corrected chi connectivity index (χ4v) is 2.63. The largest absolute Gasteiger partial charge is 0.387 e. The minimum atomic E-state index is -0.515. The highest BCUT2D eigenvalue weighted by Gasteiger charge is 2.26. The smallest absolute Gasteiger partial charge is 0.245 e. The molecule has 2 unspecified atom stereocenters. The van der Waals surface area contributed by atoms with Crippen LogP contribution in [0.3, 0.4) is 0 Å². The summed E-state index contributed by atoms with van der Waals surface area (Å²) in [5, 5.41) is 15.7. The van der Waals surface area contributed by atoms with Crippen LogP contribution < -0.4 is 10.6 Å². The molecule has 1 aliphatic rings. The number of benzene rings is 1. The van der Waals surface area contributed by atoms with Crippen LogP contribution >= 0.6 is 23.2 Å². The maximum atomic E-state index is 11.2. The third kappa shape index (κ3) is 4.56. The van der Waals surface area contributed by atoms with Crippen molar-refractivity contribution in [2.75, 3.05) is 32.8 Å². The van der Waals surface area contributed by atoms with E-state index in [2.05, 4.69) is 10.6 Å². The van der Waals surface area contributed by atoms with Gasteiger partial charge in [0.2, 0.25) is 5.91 Å². The zero-order valence-electron chi connectivity index (χ0n) is 11.4. The average molecular weight is 333 g/mol. The molecular weight excluding hydrogens is 315 g/mol. The lowest BCUT2D eigenvalue weighted by Gasteiger charge is -2.25. The minimum Gasteiger partial charge on any atom is -0.387 e. The molecule has 3 N–H and O–H groups in total. The van der Waals surface area contributed by atoms with Gasteiger partial charge in [-0.05, 0) is 17.7 Å². The molecule has 0 aliphatic carbocycles. The fourth-order valence-electron chi connectivity index (χ4n) is 2.33. The third-order valence-corrected chi connectivity index (χ3v) is 4.13. The van der Waals surface area contributed by atoms with Crippen molar-refractivity contribution in [3.63, 3.8) is 0 Å². The first-order chi connectivity index (χ1) is 10.1. The number of hydrogen-bond donors (Lipinski definition) is 3. The van der Waals surface area contributed by atoms with Crippen LogP contribution in [0.1, 0.15) is 11.7 Å². The van der Waals surface area contributed by atoms with E-state index in [0.29, 0.717) is 29.7 Å². The lowest BCUT2D eigenvalue weighted by Crippen LogP contribution is -2.37. The van der Waals surface area contributed by atoms with Crippen LogP contribution in [0.4, 0.5) is 0 Å². The zero-order valence-corrected chi connectivity index (χ0v) is 13.0. The number of ether oxygens (including phenoxy) is 1. The topological polar surface area (TPSA) is 70.6 Å². The van der Waals surface area contributed by atoms with E-state index in [9.17, 15) is 4.79 Å². The summed E-state index contributed by atoms with van der Waals surface area (Å²) in [6.45, 7) is 1.93. The normalized spacial score (nSPS) is 22.6. The summed E-state index contributed by atoms with van der Waals surface area (Å²) in [6, 6.07) is 5.41. The summed E-state index contributed by atoms with van der Waals surface area (Å²) in [5.74, 6) is -0.354. The van der Waals surface area contributed by atoms with Gasteiger partial charge in [0.25, 0.3) is 0 Å². The number of carbonyl (C=O) groups is 1. The summed E-state index contributed by atoms with van der Waals surface area (Å²) >= 11 is 12.0. The van der Waals surface area contributed by atoms with Gasteiger partial charge in [0.05, 0.1) is 22.8 Å². The molecule has 2 atom stereocenters. The molecule has 0 spiro atoms. The molecule has 0 bridgehead atoms. The summed E-state index contributed by atoms with van der Waals surface area (Å²) in [6.07, 6.45) is -0.186. The molecule has 0 saturated carbocycles. The van der Waals surface area contributed by atoms with Gasteiger partial charge in [0, 0.05) is 25.6 Å². The molecule has 2 rings (SSSR count). The first kappa shape index (κ1) is 16.5. The number of nitrogens with one attached hydrogen (secondary N) is 2. The SMILES string of the molecule is O=C(CO)NCC1CNCCOC1c1ccc(Cl)c(Cl)c1. The van der Waals surface area contributed by atoms with Crippen molar-refractivity contribution in [3.05, 3.63) is 33.8 Å². The predicted octanol–water partition coefficient (Wildman–Crippen LogP) is 1.38. The van der Waals surface area contributed by atoms with E-state index in [1.807, 2.05) is 6.07 Å². The van der Waals surface area contributed by atoms with E-state index in [1.54, 1.807) is 12.1 Å². The standard InChI is InChI=1S/C14H18Cl2N2O3/c15-11-2-1-9(5-12(11)16)14-10(6-17-3-4-21-14)7-18-13(20)8-19/h1-2,5,10,14,17,19H,3-4,6-8H2,(H,18,20). The molecule has 1 fully saturated rings. The Balaban J connectivity index is 2.14.